The molecule has 59 heavy (non-hydrogen) atoms. The predicted molar refractivity (Wildman–Crippen MR) is 229 cm³/mol. The molecule has 0 atom stereocenters. The maximum atomic E-state index is 13.5. The molecular weight excluding hydrogens is 749 g/mol. The lowest BCUT2D eigenvalue weighted by atomic mass is 9.88. The third-order valence-corrected chi connectivity index (χ3v) is 13.1. The predicted octanol–water partition coefficient (Wildman–Crippen LogP) is 6.27. The average Bonchev–Trinajstić information content (AvgIpc) is 3.18. The Morgan fingerprint density at radius 2 is 0.949 bits per heavy atom. The van der Waals surface area contributed by atoms with Gasteiger partial charge in [0.25, 0.3) is 28.8 Å². The molecule has 6 N–H and O–H groups in total. The molecule has 0 unspecified atom stereocenters. The first kappa shape index (κ1) is 45.8. The first-order valence-corrected chi connectivity index (χ1v) is 22.5. The molecule has 4 aliphatic carbocycles. The van der Waals surface area contributed by atoms with Gasteiger partial charge in [-0.25, -0.2) is 10.6 Å². The Morgan fingerprint density at radius 3 is 1.32 bits per heavy atom. The Balaban J connectivity index is 0.000000224. The molecular formula is C46H70N6O7. The van der Waals surface area contributed by atoms with Crippen molar-refractivity contribution in [2.75, 3.05) is 0 Å². The zero-order valence-electron chi connectivity index (χ0n) is 36.1. The van der Waals surface area contributed by atoms with Gasteiger partial charge in [0.2, 0.25) is 0 Å². The van der Waals surface area contributed by atoms with E-state index >= 15 is 0 Å². The minimum atomic E-state index is -1.43. The normalized spacial score (nSPS) is 18.3. The Hall–Kier alpha value is -4.26. The zero-order valence-corrected chi connectivity index (χ0v) is 36.1. The second-order valence-corrected chi connectivity index (χ2v) is 18.7. The minimum Gasteiger partial charge on any atom is -0.480 e. The summed E-state index contributed by atoms with van der Waals surface area (Å²) in [6.45, 7) is 7.37. The van der Waals surface area contributed by atoms with Gasteiger partial charge < -0.3 is 24.9 Å². The minimum absolute atomic E-state index is 0.0782. The van der Waals surface area contributed by atoms with E-state index in [0.29, 0.717) is 24.9 Å². The lowest BCUT2D eigenvalue weighted by molar-refractivity contribution is -0.143. The first-order valence-electron chi connectivity index (χ1n) is 22.5. The zero-order chi connectivity index (χ0) is 42.7. The van der Waals surface area contributed by atoms with Gasteiger partial charge in [0.05, 0.1) is 0 Å². The SMILES string of the molecule is CC(C)(NC(=O)c1cc2c(n(CC3CCCCC3)c1=O)CCCCCC2)C(=O)NN.CC(C)(NC(=O)c1cc2c(n(CC3CCCCC3)c1=O)CCCCCC2)C(=O)O. The quantitative estimate of drug-likeness (QED) is 0.105. The molecule has 0 saturated heterocycles. The van der Waals surface area contributed by atoms with Crippen LogP contribution in [0.4, 0.5) is 0 Å². The Bertz CT molecular complexity index is 1930. The van der Waals surface area contributed by atoms with Crippen LogP contribution in [0, 0.1) is 11.8 Å². The lowest BCUT2D eigenvalue weighted by Gasteiger charge is -2.27. The summed E-state index contributed by atoms with van der Waals surface area (Å²) in [6, 6.07) is 3.50. The number of hydrazine groups is 1. The number of nitrogens with zero attached hydrogens (tertiary/aromatic N) is 2. The summed E-state index contributed by atoms with van der Waals surface area (Å²) in [5, 5.41) is 14.6. The van der Waals surface area contributed by atoms with Gasteiger partial charge in [0.1, 0.15) is 22.2 Å². The van der Waals surface area contributed by atoms with Gasteiger partial charge in [0.15, 0.2) is 0 Å². The van der Waals surface area contributed by atoms with Crippen molar-refractivity contribution in [2.24, 2.45) is 17.7 Å². The number of carbonyl (C=O) groups is 4. The molecule has 0 radical (unpaired) electrons. The van der Waals surface area contributed by atoms with E-state index in [4.69, 9.17) is 5.84 Å². The van der Waals surface area contributed by atoms with E-state index in [2.05, 4.69) is 16.1 Å². The maximum absolute atomic E-state index is 13.5. The van der Waals surface area contributed by atoms with Crippen LogP contribution in [0.5, 0.6) is 0 Å². The summed E-state index contributed by atoms with van der Waals surface area (Å²) in [7, 11) is 0. The van der Waals surface area contributed by atoms with Crippen molar-refractivity contribution in [1.29, 1.82) is 0 Å². The summed E-state index contributed by atoms with van der Waals surface area (Å²) in [5.41, 5.74) is 3.52. The Morgan fingerprint density at radius 1 is 0.593 bits per heavy atom. The second-order valence-electron chi connectivity index (χ2n) is 18.7. The van der Waals surface area contributed by atoms with Crippen LogP contribution in [0.25, 0.3) is 0 Å². The summed E-state index contributed by atoms with van der Waals surface area (Å²) >= 11 is 0. The van der Waals surface area contributed by atoms with Crippen molar-refractivity contribution in [3.8, 4) is 0 Å². The number of amides is 3. The number of rotatable bonds is 10. The number of carbonyl (C=O) groups excluding carboxylic acids is 3. The molecule has 2 fully saturated rings. The van der Waals surface area contributed by atoms with Crippen molar-refractivity contribution in [1.82, 2.24) is 25.2 Å². The molecule has 3 amide bonds. The number of carboxylic acid groups (broad SMARTS) is 1. The number of aryl methyl sites for hydroxylation is 2. The standard InChI is InChI=1S/C23H36N4O3.C23H34N2O4/c1-23(2,22(30)26-24)25-20(28)18-14-17-12-8-3-4-9-13-19(17)27(21(18)29)15-16-10-6-5-7-11-16;1-23(2,22(28)29)24-20(26)18-14-17-12-8-3-4-9-13-19(17)25(21(18)27)15-16-10-6-5-7-11-16/h14,16H,3-13,15,24H2,1-2H3,(H,25,28)(H,26,30);14,16H,3-13,15H2,1-2H3,(H,24,26)(H,28,29). The van der Waals surface area contributed by atoms with Crippen LogP contribution >= 0.6 is 0 Å². The number of nitrogens with two attached hydrogens (primary N) is 1. The highest BCUT2D eigenvalue weighted by atomic mass is 16.4. The Labute approximate surface area is 349 Å². The van der Waals surface area contributed by atoms with Crippen LogP contribution in [0.2, 0.25) is 0 Å². The van der Waals surface area contributed by atoms with Crippen LogP contribution in [-0.2, 0) is 48.4 Å². The van der Waals surface area contributed by atoms with Crippen molar-refractivity contribution in [3.63, 3.8) is 0 Å². The van der Waals surface area contributed by atoms with Crippen LogP contribution in [0.1, 0.15) is 187 Å². The van der Waals surface area contributed by atoms with E-state index in [1.165, 1.54) is 71.6 Å². The molecule has 0 bridgehead atoms. The van der Waals surface area contributed by atoms with Crippen LogP contribution in [0.3, 0.4) is 0 Å². The summed E-state index contributed by atoms with van der Waals surface area (Å²) in [5.74, 6) is 3.46. The molecule has 0 aromatic carbocycles. The number of carboxylic acids is 1. The molecule has 13 nitrogen and oxygen atoms in total. The van der Waals surface area contributed by atoms with Gasteiger partial charge in [-0.2, -0.15) is 0 Å². The van der Waals surface area contributed by atoms with E-state index in [-0.39, 0.29) is 22.2 Å². The molecule has 4 aliphatic rings. The lowest BCUT2D eigenvalue weighted by Crippen LogP contribution is -2.57. The number of pyridine rings is 2. The van der Waals surface area contributed by atoms with Crippen LogP contribution < -0.4 is 33.0 Å². The first-order chi connectivity index (χ1) is 28.1. The largest absolute Gasteiger partial charge is 0.480 e. The van der Waals surface area contributed by atoms with Gasteiger partial charge in [-0.15, -0.1) is 0 Å². The van der Waals surface area contributed by atoms with Crippen LogP contribution in [-0.4, -0.2) is 49.0 Å². The highest BCUT2D eigenvalue weighted by Crippen LogP contribution is 2.29. The van der Waals surface area contributed by atoms with Gasteiger partial charge in [0, 0.05) is 24.5 Å². The van der Waals surface area contributed by atoms with E-state index in [1.54, 1.807) is 26.0 Å². The van der Waals surface area contributed by atoms with Crippen molar-refractivity contribution in [3.05, 3.63) is 66.5 Å². The molecule has 2 saturated carbocycles. The van der Waals surface area contributed by atoms with Crippen molar-refractivity contribution >= 4 is 23.7 Å². The topological polar surface area (TPSA) is 195 Å². The fourth-order valence-electron chi connectivity index (χ4n) is 9.43. The van der Waals surface area contributed by atoms with Crippen molar-refractivity contribution < 1.29 is 24.3 Å². The fourth-order valence-corrected chi connectivity index (χ4v) is 9.43. The molecule has 326 valence electrons. The molecule has 0 spiro atoms. The number of nitrogens with one attached hydrogen (secondary N) is 3. The summed E-state index contributed by atoms with van der Waals surface area (Å²) < 4.78 is 3.75. The van der Waals surface area contributed by atoms with E-state index in [9.17, 15) is 33.9 Å². The Kier molecular flexibility index (Phi) is 16.2. The van der Waals surface area contributed by atoms with E-state index in [1.807, 2.05) is 9.13 Å². The second kappa shape index (κ2) is 20.8. The fraction of sp³-hybridized carbons (Fsp3) is 0.696. The number of aliphatic carboxylic acids is 1. The average molecular weight is 819 g/mol. The monoisotopic (exact) mass is 819 g/mol. The van der Waals surface area contributed by atoms with E-state index in [0.717, 1.165) is 106 Å². The highest BCUT2D eigenvalue weighted by Gasteiger charge is 2.33. The van der Waals surface area contributed by atoms with Crippen molar-refractivity contribution in [2.45, 2.75) is 193 Å². The molecule has 2 aromatic rings. The van der Waals surface area contributed by atoms with Gasteiger partial charge >= 0.3 is 5.97 Å². The van der Waals surface area contributed by atoms with Crippen LogP contribution in [0.15, 0.2) is 21.7 Å². The third-order valence-electron chi connectivity index (χ3n) is 13.1. The molecule has 2 aromatic heterocycles. The van der Waals surface area contributed by atoms with Gasteiger partial charge in [-0.05, 0) is 140 Å². The number of hydrogen-bond acceptors (Lipinski definition) is 7. The highest BCUT2D eigenvalue weighted by molar-refractivity contribution is 5.99. The third kappa shape index (κ3) is 11.9. The van der Waals surface area contributed by atoms with E-state index < -0.39 is 34.8 Å². The maximum Gasteiger partial charge on any atom is 0.328 e. The number of aromatic nitrogens is 2. The van der Waals surface area contributed by atoms with Gasteiger partial charge in [-0.3, -0.25) is 29.4 Å². The smallest absolute Gasteiger partial charge is 0.328 e. The molecule has 0 aliphatic heterocycles. The summed E-state index contributed by atoms with van der Waals surface area (Å²) in [6.07, 6.45) is 24.4. The molecule has 2 heterocycles. The molecule has 13 heteroatoms. The molecule has 6 rings (SSSR count). The number of hydrogen-bond donors (Lipinski definition) is 5. The van der Waals surface area contributed by atoms with Gasteiger partial charge in [-0.1, -0.05) is 64.2 Å². The summed E-state index contributed by atoms with van der Waals surface area (Å²) in [4.78, 5) is 76.2. The number of fused-ring (bicyclic) bond motifs is 2.